The van der Waals surface area contributed by atoms with E-state index >= 15 is 0 Å². The number of ether oxygens (including phenoxy) is 4. The van der Waals surface area contributed by atoms with Gasteiger partial charge in [-0.05, 0) is 90.4 Å². The number of rotatable bonds is 10. The van der Waals surface area contributed by atoms with Crippen molar-refractivity contribution in [2.75, 3.05) is 26.6 Å². The van der Waals surface area contributed by atoms with E-state index in [1.54, 1.807) is 41.7 Å². The third-order valence-electron chi connectivity index (χ3n) is 6.59. The third-order valence-corrected chi connectivity index (χ3v) is 7.65. The monoisotopic (exact) mass is 602 g/mol. The zero-order valence-electron chi connectivity index (χ0n) is 23.8. The predicted molar refractivity (Wildman–Crippen MR) is 165 cm³/mol. The lowest BCUT2D eigenvalue weighted by Crippen LogP contribution is -2.14. The van der Waals surface area contributed by atoms with E-state index in [2.05, 4.69) is 23.0 Å². The van der Waals surface area contributed by atoms with Gasteiger partial charge < -0.3 is 24.3 Å². The first-order chi connectivity index (χ1) is 20.8. The van der Waals surface area contributed by atoms with Crippen LogP contribution in [-0.2, 0) is 4.79 Å². The molecule has 4 aromatic carbocycles. The summed E-state index contributed by atoms with van der Waals surface area (Å²) in [5.41, 5.74) is 4.99. The van der Waals surface area contributed by atoms with Gasteiger partial charge in [0.1, 0.15) is 5.01 Å². The van der Waals surface area contributed by atoms with Gasteiger partial charge in [0.05, 0.1) is 31.5 Å². The number of methoxy groups -OCH3 is 3. The number of thiazole rings is 1. The Morgan fingerprint density at radius 1 is 0.837 bits per heavy atom. The summed E-state index contributed by atoms with van der Waals surface area (Å²) in [6.07, 6.45) is 1.63. The minimum Gasteiger partial charge on any atom is -0.493 e. The number of fused-ring (bicyclic) bond motifs is 1. The Hall–Kier alpha value is -4.96. The van der Waals surface area contributed by atoms with Crippen LogP contribution in [0.3, 0.4) is 0 Å². The van der Waals surface area contributed by atoms with Crippen LogP contribution in [-0.4, -0.2) is 38.8 Å². The number of hydrogen-bond acceptors (Lipinski definition) is 7. The molecule has 0 aliphatic carbocycles. The minimum atomic E-state index is -3.01. The van der Waals surface area contributed by atoms with E-state index in [9.17, 15) is 13.6 Å². The molecule has 0 aliphatic rings. The summed E-state index contributed by atoms with van der Waals surface area (Å²) in [7, 11) is 4.38. The van der Waals surface area contributed by atoms with Crippen LogP contribution in [0.2, 0.25) is 0 Å². The van der Waals surface area contributed by atoms with Crippen molar-refractivity contribution in [3.8, 4) is 33.6 Å². The number of hydrogen-bond donors (Lipinski definition) is 1. The summed E-state index contributed by atoms with van der Waals surface area (Å²) >= 11 is 1.61. The van der Waals surface area contributed by atoms with Crippen molar-refractivity contribution in [3.05, 3.63) is 95.6 Å². The maximum atomic E-state index is 13.7. The van der Waals surface area contributed by atoms with Gasteiger partial charge in [-0.3, -0.25) is 4.79 Å². The molecule has 0 saturated heterocycles. The number of anilines is 1. The lowest BCUT2D eigenvalue weighted by atomic mass is 10.0. The van der Waals surface area contributed by atoms with Gasteiger partial charge in [-0.25, -0.2) is 4.98 Å². The molecule has 0 saturated carbocycles. The maximum Gasteiger partial charge on any atom is 0.387 e. The van der Waals surface area contributed by atoms with Gasteiger partial charge in [-0.15, -0.1) is 11.3 Å². The van der Waals surface area contributed by atoms with Crippen molar-refractivity contribution in [2.45, 2.75) is 13.5 Å². The van der Waals surface area contributed by atoms with Gasteiger partial charge in [0.15, 0.2) is 23.0 Å². The van der Waals surface area contributed by atoms with Crippen LogP contribution in [0.15, 0.2) is 78.9 Å². The van der Waals surface area contributed by atoms with Gasteiger partial charge in [0.2, 0.25) is 0 Å². The fourth-order valence-electron chi connectivity index (χ4n) is 4.47. The molecule has 43 heavy (non-hydrogen) atoms. The molecule has 0 bridgehead atoms. The number of nitrogens with one attached hydrogen (secondary N) is 1. The lowest BCUT2D eigenvalue weighted by Gasteiger charge is -2.14. The van der Waals surface area contributed by atoms with Crippen LogP contribution in [0.4, 0.5) is 14.5 Å². The zero-order valence-corrected chi connectivity index (χ0v) is 24.6. The van der Waals surface area contributed by atoms with E-state index in [1.807, 2.05) is 36.4 Å². The Labute approximate surface area is 251 Å². The van der Waals surface area contributed by atoms with Crippen molar-refractivity contribution >= 4 is 44.8 Å². The molecule has 0 unspecified atom stereocenters. The molecule has 10 heteroatoms. The fourth-order valence-corrected chi connectivity index (χ4v) is 5.54. The highest BCUT2D eigenvalue weighted by atomic mass is 32.1. The van der Waals surface area contributed by atoms with Gasteiger partial charge >= 0.3 is 6.61 Å². The van der Waals surface area contributed by atoms with Crippen molar-refractivity contribution in [1.29, 1.82) is 0 Å². The van der Waals surface area contributed by atoms with Gasteiger partial charge in [0.25, 0.3) is 5.91 Å². The molecule has 5 rings (SSSR count). The van der Waals surface area contributed by atoms with Crippen molar-refractivity contribution < 1.29 is 32.5 Å². The number of aryl methyl sites for hydroxylation is 1. The largest absolute Gasteiger partial charge is 0.493 e. The average molecular weight is 603 g/mol. The number of carbonyl (C=O) groups is 1. The Kier molecular flexibility index (Phi) is 8.87. The zero-order chi connectivity index (χ0) is 30.5. The fraction of sp³-hybridized carbons (Fsp3) is 0.152. The van der Waals surface area contributed by atoms with E-state index < -0.39 is 12.5 Å². The number of halogens is 2. The van der Waals surface area contributed by atoms with Gasteiger partial charge in [-0.2, -0.15) is 8.78 Å². The smallest absolute Gasteiger partial charge is 0.387 e. The Bertz CT molecular complexity index is 1800. The lowest BCUT2D eigenvalue weighted by molar-refractivity contribution is -0.111. The molecule has 220 valence electrons. The van der Waals surface area contributed by atoms with Crippen LogP contribution < -0.4 is 24.3 Å². The second kappa shape index (κ2) is 12.9. The van der Waals surface area contributed by atoms with Crippen LogP contribution in [0.25, 0.3) is 32.4 Å². The third kappa shape index (κ3) is 6.76. The first-order valence-electron chi connectivity index (χ1n) is 13.1. The summed E-state index contributed by atoms with van der Waals surface area (Å²) in [6, 6.07) is 23.2. The van der Waals surface area contributed by atoms with Crippen LogP contribution >= 0.6 is 11.3 Å². The quantitative estimate of drug-likeness (QED) is 0.129. The normalized spacial score (nSPS) is 11.5. The van der Waals surface area contributed by atoms with Crippen molar-refractivity contribution in [2.24, 2.45) is 0 Å². The molecule has 1 heterocycles. The number of amides is 1. The highest BCUT2D eigenvalue weighted by molar-refractivity contribution is 7.21. The summed E-state index contributed by atoms with van der Waals surface area (Å²) in [5.74, 6) is 0.522. The highest BCUT2D eigenvalue weighted by Crippen LogP contribution is 2.35. The summed E-state index contributed by atoms with van der Waals surface area (Å²) in [6.45, 7) is -0.956. The molecular weight excluding hydrogens is 574 g/mol. The molecule has 0 atom stereocenters. The molecule has 7 nitrogen and oxygen atoms in total. The van der Waals surface area contributed by atoms with Crippen LogP contribution in [0.1, 0.15) is 16.7 Å². The molecule has 0 spiro atoms. The summed E-state index contributed by atoms with van der Waals surface area (Å²) < 4.78 is 47.4. The molecule has 5 aromatic rings. The molecule has 1 N–H and O–H groups in total. The van der Waals surface area contributed by atoms with Crippen molar-refractivity contribution in [3.63, 3.8) is 0 Å². The number of carbonyl (C=O) groups excluding carboxylic acids is 1. The topological polar surface area (TPSA) is 78.9 Å². The molecule has 0 fully saturated rings. The van der Waals surface area contributed by atoms with Crippen LogP contribution in [0.5, 0.6) is 23.0 Å². The van der Waals surface area contributed by atoms with E-state index in [4.69, 9.17) is 19.2 Å². The van der Waals surface area contributed by atoms with Gasteiger partial charge in [-0.1, -0.05) is 18.2 Å². The summed E-state index contributed by atoms with van der Waals surface area (Å²) in [4.78, 5) is 18.5. The van der Waals surface area contributed by atoms with E-state index in [1.165, 1.54) is 39.0 Å². The Morgan fingerprint density at radius 3 is 2.23 bits per heavy atom. The minimum absolute atomic E-state index is 0.0988. The van der Waals surface area contributed by atoms with Crippen molar-refractivity contribution in [1.82, 2.24) is 4.98 Å². The standard InChI is InChI=1S/C33H28F2N2O5S/c1-19-5-12-25-30(15-19)43-32(37-25)21-7-10-23(11-8-21)36-31(38)24(22-9-14-26(39-2)29(18-22)41-4)16-20-6-13-27(42-33(34)35)28(17-20)40-3/h5-18,33H,1-4H3,(H,36,38)/b24-16+. The second-order valence-corrected chi connectivity index (χ2v) is 10.5. The SMILES string of the molecule is COc1ccc(/C(=C\c2ccc(OC(F)F)c(OC)c2)C(=O)Nc2ccc(-c3nc4ccc(C)cc4s3)cc2)cc1OC. The van der Waals surface area contributed by atoms with Gasteiger partial charge in [0, 0.05) is 16.8 Å². The van der Waals surface area contributed by atoms with E-state index in [-0.39, 0.29) is 17.1 Å². The predicted octanol–water partition coefficient (Wildman–Crippen LogP) is 8.08. The number of nitrogens with zero attached hydrogens (tertiary/aromatic N) is 1. The first-order valence-corrected chi connectivity index (χ1v) is 14.0. The molecular formula is C33H28F2N2O5S. The van der Waals surface area contributed by atoms with Crippen LogP contribution in [0, 0.1) is 6.92 Å². The number of alkyl halides is 2. The molecule has 0 aliphatic heterocycles. The second-order valence-electron chi connectivity index (χ2n) is 9.44. The molecule has 0 radical (unpaired) electrons. The first kappa shape index (κ1) is 29.5. The maximum absolute atomic E-state index is 13.7. The number of aromatic nitrogens is 1. The number of benzene rings is 4. The van der Waals surface area contributed by atoms with E-state index in [0.717, 1.165) is 20.8 Å². The molecule has 1 amide bonds. The van der Waals surface area contributed by atoms with E-state index in [0.29, 0.717) is 28.3 Å². The molecule has 1 aromatic heterocycles. The Balaban J connectivity index is 1.47. The summed E-state index contributed by atoms with van der Waals surface area (Å²) in [5, 5.41) is 3.84. The Morgan fingerprint density at radius 2 is 1.53 bits per heavy atom. The average Bonchev–Trinajstić information content (AvgIpc) is 3.43. The highest BCUT2D eigenvalue weighted by Gasteiger charge is 2.17.